The molecule has 2 nitrogen and oxygen atoms in total. The molecule has 0 aliphatic carbocycles. The smallest absolute Gasteiger partial charge is 0.0156 e. The minimum absolute atomic E-state index is 0.0190. The average molecular weight is 186 g/mol. The molecule has 0 aromatic carbocycles. The van der Waals surface area contributed by atoms with Gasteiger partial charge in [0.05, 0.1) is 0 Å². The molecule has 1 heterocycles. The first-order valence-electron chi connectivity index (χ1n) is 4.35. The molecule has 1 atom stereocenters. The Morgan fingerprint density at radius 3 is 2.58 bits per heavy atom. The molecular weight excluding hydrogens is 168 g/mol. The monoisotopic (exact) mass is 186 g/mol. The van der Waals surface area contributed by atoms with Crippen LogP contribution in [0.15, 0.2) is 23.0 Å². The van der Waals surface area contributed by atoms with E-state index in [1.54, 1.807) is 0 Å². The first-order chi connectivity index (χ1) is 5.86. The summed E-state index contributed by atoms with van der Waals surface area (Å²) < 4.78 is 0. The average Bonchev–Trinajstić information content (AvgIpc) is 2.56. The second kappa shape index (κ2) is 5.41. The summed E-state index contributed by atoms with van der Waals surface area (Å²) in [5.74, 6) is 1.23. The predicted molar refractivity (Wildman–Crippen MR) is 58.7 cm³/mol. The molecule has 12 heavy (non-hydrogen) atoms. The van der Waals surface area contributed by atoms with Gasteiger partial charge in [-0.3, -0.25) is 0 Å². The van der Waals surface area contributed by atoms with Crippen molar-refractivity contribution in [3.8, 4) is 0 Å². The van der Waals surface area contributed by atoms with E-state index < -0.39 is 0 Å². The zero-order valence-electron chi connectivity index (χ0n) is 7.53. The molecule has 70 valence electrons. The fourth-order valence-electron chi connectivity index (χ4n) is 1.27. The first kappa shape index (κ1) is 9.84. The van der Waals surface area contributed by atoms with Crippen LogP contribution >= 0.6 is 10.9 Å². The number of nitrogens with one attached hydrogen (secondary N) is 1. The maximum atomic E-state index is 5.51. The van der Waals surface area contributed by atoms with E-state index in [0.29, 0.717) is 6.04 Å². The highest BCUT2D eigenvalue weighted by Gasteiger charge is 2.08. The van der Waals surface area contributed by atoms with Gasteiger partial charge in [-0.2, -0.15) is 0 Å². The largest absolute Gasteiger partial charge is 0.330 e. The third kappa shape index (κ3) is 3.01. The Labute approximate surface area is 77.3 Å². The Balaban J connectivity index is 2.26. The van der Waals surface area contributed by atoms with Crippen LogP contribution in [0.3, 0.4) is 0 Å². The second-order valence-corrected chi connectivity index (χ2v) is 4.93. The molecule has 1 aliphatic heterocycles. The van der Waals surface area contributed by atoms with E-state index in [0.717, 1.165) is 13.0 Å². The van der Waals surface area contributed by atoms with Crippen molar-refractivity contribution in [3.63, 3.8) is 0 Å². The Hall–Kier alpha value is -0.250. The quantitative estimate of drug-likeness (QED) is 0.560. The van der Waals surface area contributed by atoms with Crippen molar-refractivity contribution in [1.82, 2.24) is 5.32 Å². The number of thiol groups is 1. The van der Waals surface area contributed by atoms with Gasteiger partial charge in [0.2, 0.25) is 0 Å². The normalized spacial score (nSPS) is 20.3. The van der Waals surface area contributed by atoms with E-state index in [4.69, 9.17) is 5.73 Å². The van der Waals surface area contributed by atoms with Gasteiger partial charge in [-0.1, -0.05) is 12.2 Å². The fraction of sp³-hybridized carbons (Fsp3) is 0.556. The van der Waals surface area contributed by atoms with Gasteiger partial charge in [-0.05, 0) is 36.6 Å². The molecule has 0 radical (unpaired) electrons. The highest BCUT2D eigenvalue weighted by Crippen LogP contribution is 2.33. The topological polar surface area (TPSA) is 38.0 Å². The lowest BCUT2D eigenvalue weighted by Crippen LogP contribution is -2.30. The number of hydrogen-bond donors (Lipinski definition) is 3. The van der Waals surface area contributed by atoms with Crippen LogP contribution in [-0.4, -0.2) is 25.4 Å². The number of allylic oxidation sites excluding steroid dienone is 2. The number of nitrogens with two attached hydrogens (primary N) is 1. The minimum atomic E-state index is 0.0190. The Morgan fingerprint density at radius 2 is 2.08 bits per heavy atom. The van der Waals surface area contributed by atoms with Crippen LogP contribution in [0.4, 0.5) is 0 Å². The molecular formula is C9H18N2S. The molecule has 1 aliphatic rings. The minimum Gasteiger partial charge on any atom is -0.330 e. The maximum Gasteiger partial charge on any atom is 0.0156 e. The molecule has 0 aromatic heterocycles. The van der Waals surface area contributed by atoms with Crippen molar-refractivity contribution in [1.29, 1.82) is 0 Å². The van der Waals surface area contributed by atoms with E-state index in [2.05, 4.69) is 28.3 Å². The molecule has 3 heteroatoms. The zero-order chi connectivity index (χ0) is 8.81. The lowest BCUT2D eigenvalue weighted by Gasteiger charge is -2.19. The first-order valence-corrected chi connectivity index (χ1v) is 6.01. The number of rotatable bonds is 5. The SMILES string of the molecule is CNC(CCN)C[SH]1C=CC=C1. The Bertz CT molecular complexity index is 165. The van der Waals surface area contributed by atoms with Crippen LogP contribution in [0.25, 0.3) is 0 Å². The molecule has 0 aromatic rings. The lowest BCUT2D eigenvalue weighted by atomic mass is 10.2. The van der Waals surface area contributed by atoms with Crippen molar-refractivity contribution >= 4 is 10.9 Å². The molecule has 1 rings (SSSR count). The van der Waals surface area contributed by atoms with E-state index in [9.17, 15) is 0 Å². The van der Waals surface area contributed by atoms with Gasteiger partial charge in [0.15, 0.2) is 0 Å². The van der Waals surface area contributed by atoms with Crippen molar-refractivity contribution in [3.05, 3.63) is 23.0 Å². The van der Waals surface area contributed by atoms with Crippen LogP contribution in [-0.2, 0) is 0 Å². The standard InChI is InChI=1S/C9H18N2S/c1-11-9(4-5-10)8-12-6-2-3-7-12/h2-3,6-7,9,11-12H,4-5,8,10H2,1H3. The van der Waals surface area contributed by atoms with E-state index in [1.165, 1.54) is 5.75 Å². The Morgan fingerprint density at radius 1 is 1.42 bits per heavy atom. The maximum absolute atomic E-state index is 5.51. The van der Waals surface area contributed by atoms with Crippen molar-refractivity contribution in [2.24, 2.45) is 5.73 Å². The van der Waals surface area contributed by atoms with Gasteiger partial charge in [-0.15, -0.1) is 0 Å². The molecule has 0 spiro atoms. The van der Waals surface area contributed by atoms with Crippen LogP contribution in [0.2, 0.25) is 0 Å². The van der Waals surface area contributed by atoms with Crippen molar-refractivity contribution in [2.75, 3.05) is 19.3 Å². The van der Waals surface area contributed by atoms with E-state index >= 15 is 0 Å². The molecule has 0 amide bonds. The molecule has 1 unspecified atom stereocenters. The third-order valence-corrected chi connectivity index (χ3v) is 3.99. The molecule has 0 fully saturated rings. The van der Waals surface area contributed by atoms with Gasteiger partial charge in [0, 0.05) is 6.04 Å². The second-order valence-electron chi connectivity index (χ2n) is 2.94. The zero-order valence-corrected chi connectivity index (χ0v) is 8.43. The van der Waals surface area contributed by atoms with Gasteiger partial charge in [0.25, 0.3) is 0 Å². The van der Waals surface area contributed by atoms with E-state index in [1.807, 2.05) is 7.05 Å². The third-order valence-electron chi connectivity index (χ3n) is 2.02. The Kier molecular flexibility index (Phi) is 4.43. The van der Waals surface area contributed by atoms with Gasteiger partial charge >= 0.3 is 0 Å². The molecule has 0 saturated heterocycles. The highest BCUT2D eigenvalue weighted by atomic mass is 32.2. The summed E-state index contributed by atoms with van der Waals surface area (Å²) in [6, 6.07) is 0.591. The lowest BCUT2D eigenvalue weighted by molar-refractivity contribution is 0.580. The summed E-state index contributed by atoms with van der Waals surface area (Å²) in [4.78, 5) is 0. The van der Waals surface area contributed by atoms with E-state index in [-0.39, 0.29) is 10.9 Å². The fourth-order valence-corrected chi connectivity index (χ4v) is 3.13. The summed E-state index contributed by atoms with van der Waals surface area (Å²) in [5, 5.41) is 7.90. The summed E-state index contributed by atoms with van der Waals surface area (Å²) >= 11 is 0. The summed E-state index contributed by atoms with van der Waals surface area (Å²) in [5.41, 5.74) is 5.51. The molecule has 0 bridgehead atoms. The van der Waals surface area contributed by atoms with Crippen molar-refractivity contribution < 1.29 is 0 Å². The van der Waals surface area contributed by atoms with Crippen LogP contribution in [0, 0.1) is 0 Å². The van der Waals surface area contributed by atoms with Crippen LogP contribution in [0.1, 0.15) is 6.42 Å². The summed E-state index contributed by atoms with van der Waals surface area (Å²) in [6.45, 7) is 0.780. The predicted octanol–water partition coefficient (Wildman–Crippen LogP) is 0.965. The van der Waals surface area contributed by atoms with Crippen molar-refractivity contribution in [2.45, 2.75) is 12.5 Å². The molecule has 0 saturated carbocycles. The summed E-state index contributed by atoms with van der Waals surface area (Å²) in [6.07, 6.45) is 5.36. The highest BCUT2D eigenvalue weighted by molar-refractivity contribution is 8.22. The van der Waals surface area contributed by atoms with Crippen LogP contribution < -0.4 is 11.1 Å². The molecule has 3 N–H and O–H groups in total. The number of hydrogen-bond acceptors (Lipinski definition) is 2. The van der Waals surface area contributed by atoms with Gasteiger partial charge in [-0.25, -0.2) is 10.9 Å². The summed E-state index contributed by atoms with van der Waals surface area (Å²) in [7, 11) is 2.03. The van der Waals surface area contributed by atoms with Crippen LogP contribution in [0.5, 0.6) is 0 Å². The van der Waals surface area contributed by atoms with Gasteiger partial charge < -0.3 is 11.1 Å². The van der Waals surface area contributed by atoms with Gasteiger partial charge in [0.1, 0.15) is 0 Å².